The quantitative estimate of drug-likeness (QED) is 0.828. The number of anilines is 1. The summed E-state index contributed by atoms with van der Waals surface area (Å²) in [4.78, 5) is 23.6. The first-order valence-corrected chi connectivity index (χ1v) is 7.73. The molecule has 0 bridgehead atoms. The molecule has 5 nitrogen and oxygen atoms in total. The fourth-order valence-corrected chi connectivity index (χ4v) is 2.45. The lowest BCUT2D eigenvalue weighted by molar-refractivity contribution is -0.164. The van der Waals surface area contributed by atoms with Crippen molar-refractivity contribution >= 4 is 17.6 Å². The predicted molar refractivity (Wildman–Crippen MR) is 92.4 cm³/mol. The number of ether oxygens (including phenoxy) is 1. The summed E-state index contributed by atoms with van der Waals surface area (Å²) in [5.41, 5.74) is 0.634. The standard InChI is InChI=1S/C19H21NO4/c1-4-24-18(22)19(3,23)16-11-10-15(12-17(16)20-13(2)21)14-8-6-5-7-9-14/h5-12,23H,4H2,1-3H3,(H,20,21). The normalized spacial score (nSPS) is 13.0. The van der Waals surface area contributed by atoms with E-state index >= 15 is 0 Å². The second-order valence-electron chi connectivity index (χ2n) is 5.60. The summed E-state index contributed by atoms with van der Waals surface area (Å²) in [5.74, 6) is -1.05. The van der Waals surface area contributed by atoms with Crippen LogP contribution < -0.4 is 5.32 Å². The topological polar surface area (TPSA) is 75.6 Å². The summed E-state index contributed by atoms with van der Waals surface area (Å²) in [5, 5.41) is 13.3. The van der Waals surface area contributed by atoms with Crippen molar-refractivity contribution in [3.8, 4) is 11.1 Å². The number of carbonyl (C=O) groups is 2. The molecule has 5 heteroatoms. The molecule has 1 amide bonds. The van der Waals surface area contributed by atoms with Crippen molar-refractivity contribution in [2.24, 2.45) is 0 Å². The van der Waals surface area contributed by atoms with Crippen molar-refractivity contribution in [2.75, 3.05) is 11.9 Å². The number of rotatable bonds is 5. The summed E-state index contributed by atoms with van der Waals surface area (Å²) in [7, 11) is 0. The number of hydrogen-bond donors (Lipinski definition) is 2. The van der Waals surface area contributed by atoms with Gasteiger partial charge in [-0.3, -0.25) is 4.79 Å². The Morgan fingerprint density at radius 1 is 1.12 bits per heavy atom. The van der Waals surface area contributed by atoms with E-state index in [9.17, 15) is 14.7 Å². The largest absolute Gasteiger partial charge is 0.464 e. The Labute approximate surface area is 141 Å². The van der Waals surface area contributed by atoms with E-state index in [1.54, 1.807) is 25.1 Å². The van der Waals surface area contributed by atoms with Crippen molar-refractivity contribution in [1.29, 1.82) is 0 Å². The van der Waals surface area contributed by atoms with Crippen molar-refractivity contribution in [3.63, 3.8) is 0 Å². The summed E-state index contributed by atoms with van der Waals surface area (Å²) < 4.78 is 4.93. The lowest BCUT2D eigenvalue weighted by Gasteiger charge is -2.24. The molecule has 126 valence electrons. The van der Waals surface area contributed by atoms with Gasteiger partial charge in [-0.25, -0.2) is 4.79 Å². The van der Waals surface area contributed by atoms with Crippen LogP contribution in [0.15, 0.2) is 48.5 Å². The van der Waals surface area contributed by atoms with Crippen LogP contribution in [0.25, 0.3) is 11.1 Å². The molecule has 0 radical (unpaired) electrons. The van der Waals surface area contributed by atoms with Gasteiger partial charge in [0, 0.05) is 18.2 Å². The van der Waals surface area contributed by atoms with Gasteiger partial charge in [0.1, 0.15) is 0 Å². The number of nitrogens with one attached hydrogen (secondary N) is 1. The van der Waals surface area contributed by atoms with Crippen LogP contribution in [-0.2, 0) is 19.9 Å². The number of esters is 1. The number of aliphatic hydroxyl groups is 1. The first kappa shape index (κ1) is 17.7. The Balaban J connectivity index is 2.52. The maximum atomic E-state index is 12.1. The molecule has 0 spiro atoms. The lowest BCUT2D eigenvalue weighted by Crippen LogP contribution is -2.35. The molecule has 2 aromatic rings. The van der Waals surface area contributed by atoms with Gasteiger partial charge in [0.05, 0.1) is 6.61 Å². The molecule has 0 aliphatic carbocycles. The Hall–Kier alpha value is -2.66. The first-order chi connectivity index (χ1) is 11.4. The zero-order valence-corrected chi connectivity index (χ0v) is 14.0. The summed E-state index contributed by atoms with van der Waals surface area (Å²) in [6.45, 7) is 4.56. The van der Waals surface area contributed by atoms with Crippen LogP contribution in [0.3, 0.4) is 0 Å². The minimum atomic E-state index is -1.86. The highest BCUT2D eigenvalue weighted by Crippen LogP contribution is 2.33. The molecule has 0 heterocycles. The van der Waals surface area contributed by atoms with Crippen molar-refractivity contribution in [3.05, 3.63) is 54.1 Å². The van der Waals surface area contributed by atoms with Gasteiger partial charge in [-0.05, 0) is 31.0 Å². The summed E-state index contributed by atoms with van der Waals surface area (Å²) in [6.07, 6.45) is 0. The van der Waals surface area contributed by atoms with E-state index in [-0.39, 0.29) is 18.1 Å². The Morgan fingerprint density at radius 2 is 1.79 bits per heavy atom. The zero-order valence-electron chi connectivity index (χ0n) is 14.0. The highest BCUT2D eigenvalue weighted by Gasteiger charge is 2.36. The third kappa shape index (κ3) is 3.81. The number of hydrogen-bond acceptors (Lipinski definition) is 4. The number of amides is 1. The van der Waals surface area contributed by atoms with Crippen LogP contribution in [0.5, 0.6) is 0 Å². The van der Waals surface area contributed by atoms with E-state index in [0.29, 0.717) is 5.69 Å². The average molecular weight is 327 g/mol. The Morgan fingerprint density at radius 3 is 2.38 bits per heavy atom. The third-order valence-electron chi connectivity index (χ3n) is 3.63. The van der Waals surface area contributed by atoms with Gasteiger partial charge >= 0.3 is 5.97 Å². The molecule has 2 aromatic carbocycles. The molecule has 0 aliphatic rings. The fraction of sp³-hybridized carbons (Fsp3) is 0.263. The van der Waals surface area contributed by atoms with E-state index < -0.39 is 11.6 Å². The number of carbonyl (C=O) groups excluding carboxylic acids is 2. The molecule has 0 aromatic heterocycles. The number of benzene rings is 2. The molecule has 0 saturated heterocycles. The molecule has 2 rings (SSSR count). The van der Waals surface area contributed by atoms with Gasteiger partial charge in [0.25, 0.3) is 0 Å². The Bertz CT molecular complexity index is 738. The molecule has 1 atom stereocenters. The van der Waals surface area contributed by atoms with E-state index in [4.69, 9.17) is 4.74 Å². The monoisotopic (exact) mass is 327 g/mol. The highest BCUT2D eigenvalue weighted by molar-refractivity contribution is 5.93. The van der Waals surface area contributed by atoms with Gasteiger partial charge in [-0.15, -0.1) is 0 Å². The zero-order chi connectivity index (χ0) is 17.7. The fourth-order valence-electron chi connectivity index (χ4n) is 2.45. The van der Waals surface area contributed by atoms with Crippen LogP contribution >= 0.6 is 0 Å². The first-order valence-electron chi connectivity index (χ1n) is 7.73. The van der Waals surface area contributed by atoms with Crippen molar-refractivity contribution in [2.45, 2.75) is 26.4 Å². The maximum absolute atomic E-state index is 12.1. The molecule has 1 unspecified atom stereocenters. The lowest BCUT2D eigenvalue weighted by atomic mass is 9.91. The maximum Gasteiger partial charge on any atom is 0.342 e. The van der Waals surface area contributed by atoms with Crippen LogP contribution in [-0.4, -0.2) is 23.6 Å². The minimum absolute atomic E-state index is 0.159. The van der Waals surface area contributed by atoms with Gasteiger partial charge < -0.3 is 15.2 Å². The predicted octanol–water partition coefficient (Wildman–Crippen LogP) is 3.08. The van der Waals surface area contributed by atoms with Crippen molar-refractivity contribution in [1.82, 2.24) is 0 Å². The molecule has 0 saturated carbocycles. The molecule has 24 heavy (non-hydrogen) atoms. The van der Waals surface area contributed by atoms with Crippen LogP contribution in [0.4, 0.5) is 5.69 Å². The van der Waals surface area contributed by atoms with E-state index in [2.05, 4.69) is 5.32 Å². The molecule has 2 N–H and O–H groups in total. The molecule has 0 aliphatic heterocycles. The summed E-state index contributed by atoms with van der Waals surface area (Å²) >= 11 is 0. The highest BCUT2D eigenvalue weighted by atomic mass is 16.5. The Kier molecular flexibility index (Phi) is 5.36. The molecule has 0 fully saturated rings. The van der Waals surface area contributed by atoms with E-state index in [1.165, 1.54) is 13.8 Å². The molecular weight excluding hydrogens is 306 g/mol. The van der Waals surface area contributed by atoms with Gasteiger partial charge in [-0.2, -0.15) is 0 Å². The molecular formula is C19H21NO4. The van der Waals surface area contributed by atoms with Crippen molar-refractivity contribution < 1.29 is 19.4 Å². The van der Waals surface area contributed by atoms with Gasteiger partial charge in [0.15, 0.2) is 5.60 Å². The average Bonchev–Trinajstić information content (AvgIpc) is 2.55. The smallest absolute Gasteiger partial charge is 0.342 e. The van der Waals surface area contributed by atoms with Crippen LogP contribution in [0, 0.1) is 0 Å². The second kappa shape index (κ2) is 7.27. The van der Waals surface area contributed by atoms with Crippen LogP contribution in [0.1, 0.15) is 26.3 Å². The van der Waals surface area contributed by atoms with E-state index in [0.717, 1.165) is 11.1 Å². The van der Waals surface area contributed by atoms with Gasteiger partial charge in [0.2, 0.25) is 5.91 Å². The summed E-state index contributed by atoms with van der Waals surface area (Å²) in [6, 6.07) is 14.8. The third-order valence-corrected chi connectivity index (χ3v) is 3.63. The second-order valence-corrected chi connectivity index (χ2v) is 5.60. The van der Waals surface area contributed by atoms with Crippen LogP contribution in [0.2, 0.25) is 0 Å². The minimum Gasteiger partial charge on any atom is -0.464 e. The van der Waals surface area contributed by atoms with E-state index in [1.807, 2.05) is 30.3 Å². The SMILES string of the molecule is CCOC(=O)C(C)(O)c1ccc(-c2ccccc2)cc1NC(C)=O. The van der Waals surface area contributed by atoms with Gasteiger partial charge in [-0.1, -0.05) is 42.5 Å².